The second-order valence-electron chi connectivity index (χ2n) is 18.5. The highest BCUT2D eigenvalue weighted by Gasteiger charge is 2.28. The van der Waals surface area contributed by atoms with E-state index in [1.807, 2.05) is 26.1 Å². The zero-order valence-corrected chi connectivity index (χ0v) is 45.1. The fourth-order valence-corrected chi connectivity index (χ4v) is 9.66. The van der Waals surface area contributed by atoms with E-state index < -0.39 is 0 Å². The van der Waals surface area contributed by atoms with Gasteiger partial charge in [0.25, 0.3) is 0 Å². The summed E-state index contributed by atoms with van der Waals surface area (Å²) in [6, 6.07) is 38.5. The summed E-state index contributed by atoms with van der Waals surface area (Å²) in [7, 11) is 2.11. The third-order valence-electron chi connectivity index (χ3n) is 13.5. The van der Waals surface area contributed by atoms with Gasteiger partial charge in [-0.05, 0) is 162 Å². The number of nitrogens with zero attached hydrogens (tertiary/aromatic N) is 4. The SMILES string of the molecule is C#C.C=C(N=Cc1ccccc1CCC)c1cc(C2=CC=C(/C(C=C3CCCCC3)=C(\C=C/C)C/C=C\C)C=CC2)cc(C2=NC(c3ccc4ccccc4c3)=NC(C(/C=c3/ccccc3=C)=C/C)N2C)c1.CC. The van der Waals surface area contributed by atoms with E-state index >= 15 is 0 Å². The molecule has 1 saturated carbocycles. The van der Waals surface area contributed by atoms with Crippen molar-refractivity contribution in [2.45, 2.75) is 105 Å². The lowest BCUT2D eigenvalue weighted by atomic mass is 9.89. The Morgan fingerprint density at radius 3 is 2.27 bits per heavy atom. The molecule has 0 bridgehead atoms. The fraction of sp³-hybridized carbons (Fsp3) is 0.243. The molecule has 376 valence electrons. The van der Waals surface area contributed by atoms with Crippen molar-refractivity contribution in [2.75, 3.05) is 7.05 Å². The Labute approximate surface area is 443 Å². The van der Waals surface area contributed by atoms with Crippen LogP contribution < -0.4 is 10.4 Å². The highest BCUT2D eigenvalue weighted by atomic mass is 15.3. The molecule has 1 aliphatic heterocycles. The van der Waals surface area contributed by atoms with Crippen molar-refractivity contribution in [2.24, 2.45) is 15.0 Å². The van der Waals surface area contributed by atoms with Crippen molar-refractivity contribution >= 4 is 52.6 Å². The predicted molar refractivity (Wildman–Crippen MR) is 325 cm³/mol. The minimum Gasteiger partial charge on any atom is -0.333 e. The van der Waals surface area contributed by atoms with Crippen LogP contribution in [-0.4, -0.2) is 36.0 Å². The lowest BCUT2D eigenvalue weighted by Gasteiger charge is -2.33. The molecule has 0 aromatic heterocycles. The summed E-state index contributed by atoms with van der Waals surface area (Å²) < 4.78 is 0. The molecule has 0 radical (unpaired) electrons. The largest absolute Gasteiger partial charge is 0.333 e. The maximum Gasteiger partial charge on any atom is 0.159 e. The standard InChI is InChI=1S/C66H68N4.C2H6.C2H2/c1-8-12-28-54(24-10-3)63(40-49-26-14-13-15-27-49)55-35-22-34-53(36-38-55)61-43-60(48(6)67-46-59-33-21-19-29-51(59)23-9-2)44-62(45-61)66-69-64(58-39-37-52-30-18-20-32-57(52)42-58)68-65(70(66)7)50(11-4)41-56-31-17-16-25-47(56)5;2*1-2/h8,10-12,16-22,24-25,29-33,35-46,65H,5-6,9,13-15,23,26-28,34H2,1-4,7H3;1-2H3;1-2H/b12-8-,24-10-,50-11+,56-41-,63-54+,67-46?;;. The molecular weight excluding hydrogens is 897 g/mol. The highest BCUT2D eigenvalue weighted by molar-refractivity contribution is 6.14. The molecule has 5 aromatic rings. The zero-order chi connectivity index (χ0) is 52.8. The van der Waals surface area contributed by atoms with Gasteiger partial charge in [-0.1, -0.05) is 198 Å². The lowest BCUT2D eigenvalue weighted by molar-refractivity contribution is 0.424. The molecule has 0 saturated heterocycles. The molecule has 5 aromatic carbocycles. The van der Waals surface area contributed by atoms with Crippen molar-refractivity contribution < 1.29 is 0 Å². The predicted octanol–water partition coefficient (Wildman–Crippen LogP) is 16.5. The third-order valence-corrected chi connectivity index (χ3v) is 13.5. The van der Waals surface area contributed by atoms with Crippen LogP contribution in [0.2, 0.25) is 0 Å². The number of amidine groups is 2. The first-order valence-electron chi connectivity index (χ1n) is 26.6. The minimum atomic E-state index is -0.370. The fourth-order valence-electron chi connectivity index (χ4n) is 9.66. The van der Waals surface area contributed by atoms with Crippen LogP contribution in [0, 0.1) is 12.8 Å². The highest BCUT2D eigenvalue weighted by Crippen LogP contribution is 2.34. The number of aliphatic imine (C=N–C) groups is 3. The quantitative estimate of drug-likeness (QED) is 0.0446. The van der Waals surface area contributed by atoms with Gasteiger partial charge in [0.2, 0.25) is 0 Å². The number of benzene rings is 5. The topological polar surface area (TPSA) is 40.3 Å². The number of allylic oxidation sites excluding steroid dienone is 15. The van der Waals surface area contributed by atoms with E-state index in [4.69, 9.17) is 15.0 Å². The number of hydrogen-bond acceptors (Lipinski definition) is 4. The smallest absolute Gasteiger partial charge is 0.159 e. The summed E-state index contributed by atoms with van der Waals surface area (Å²) in [5.74, 6) is 1.50. The number of rotatable bonds is 15. The average Bonchev–Trinajstić information content (AvgIpc) is 3.71. The molecule has 0 spiro atoms. The molecule has 1 fully saturated rings. The molecule has 2 aliphatic carbocycles. The number of aryl methyl sites for hydroxylation is 1. The maximum absolute atomic E-state index is 5.49. The van der Waals surface area contributed by atoms with Crippen LogP contribution >= 0.6 is 0 Å². The van der Waals surface area contributed by atoms with Crippen molar-refractivity contribution in [1.82, 2.24) is 4.90 Å². The first-order chi connectivity index (χ1) is 36.3. The molecule has 1 unspecified atom stereocenters. The molecule has 0 amide bonds. The van der Waals surface area contributed by atoms with Crippen LogP contribution in [0.25, 0.3) is 34.7 Å². The summed E-state index contributed by atoms with van der Waals surface area (Å²) >= 11 is 0. The van der Waals surface area contributed by atoms with Gasteiger partial charge in [-0.25, -0.2) is 9.98 Å². The van der Waals surface area contributed by atoms with Crippen molar-refractivity contribution in [3.63, 3.8) is 0 Å². The summed E-state index contributed by atoms with van der Waals surface area (Å²) in [6.07, 6.45) is 44.6. The molecule has 8 rings (SSSR count). The molecule has 4 nitrogen and oxygen atoms in total. The Balaban J connectivity index is 0.00000218. The van der Waals surface area contributed by atoms with E-state index in [1.165, 1.54) is 65.3 Å². The van der Waals surface area contributed by atoms with Crippen LogP contribution in [-0.2, 0) is 6.42 Å². The van der Waals surface area contributed by atoms with Crippen LogP contribution in [0.1, 0.15) is 126 Å². The van der Waals surface area contributed by atoms with Gasteiger partial charge in [0, 0.05) is 30.0 Å². The molecule has 1 heterocycles. The third kappa shape index (κ3) is 14.2. The Hall–Kier alpha value is -7.87. The van der Waals surface area contributed by atoms with Crippen molar-refractivity contribution in [1.29, 1.82) is 0 Å². The first kappa shape index (κ1) is 55.4. The summed E-state index contributed by atoms with van der Waals surface area (Å²) in [4.78, 5) is 18.2. The monoisotopic (exact) mass is 973 g/mol. The van der Waals surface area contributed by atoms with E-state index in [0.29, 0.717) is 11.5 Å². The first-order valence-corrected chi connectivity index (χ1v) is 26.6. The van der Waals surface area contributed by atoms with Crippen LogP contribution in [0.5, 0.6) is 0 Å². The second-order valence-corrected chi connectivity index (χ2v) is 18.5. The van der Waals surface area contributed by atoms with E-state index in [2.05, 4.69) is 236 Å². The normalized spacial score (nSPS) is 16.6. The van der Waals surface area contributed by atoms with Gasteiger partial charge in [-0.2, -0.15) is 0 Å². The molecular formula is C70H76N4. The molecule has 3 aliphatic rings. The van der Waals surface area contributed by atoms with Crippen molar-refractivity contribution in [3.05, 3.63) is 248 Å². The van der Waals surface area contributed by atoms with Gasteiger partial charge in [0.1, 0.15) is 12.0 Å². The van der Waals surface area contributed by atoms with Crippen LogP contribution in [0.4, 0.5) is 0 Å². The Morgan fingerprint density at radius 1 is 0.797 bits per heavy atom. The van der Waals surface area contributed by atoms with E-state index in [-0.39, 0.29) is 6.17 Å². The van der Waals surface area contributed by atoms with Crippen LogP contribution in [0.3, 0.4) is 0 Å². The zero-order valence-electron chi connectivity index (χ0n) is 45.1. The summed E-state index contributed by atoms with van der Waals surface area (Å²) in [5, 5.41) is 4.35. The van der Waals surface area contributed by atoms with Gasteiger partial charge in [-0.3, -0.25) is 4.99 Å². The lowest BCUT2D eigenvalue weighted by Crippen LogP contribution is -2.42. The average molecular weight is 973 g/mol. The van der Waals surface area contributed by atoms with Gasteiger partial charge < -0.3 is 4.90 Å². The van der Waals surface area contributed by atoms with Gasteiger partial charge in [0.05, 0.1) is 5.70 Å². The molecule has 4 heteroatoms. The number of hydrogen-bond donors (Lipinski definition) is 0. The Bertz CT molecular complexity index is 3270. The number of terminal acetylenes is 1. The van der Waals surface area contributed by atoms with E-state index in [0.717, 1.165) is 80.7 Å². The Morgan fingerprint density at radius 2 is 1.53 bits per heavy atom. The maximum atomic E-state index is 5.49. The summed E-state index contributed by atoms with van der Waals surface area (Å²) in [5.41, 5.74) is 14.7. The van der Waals surface area contributed by atoms with Gasteiger partial charge >= 0.3 is 0 Å². The Kier molecular flexibility index (Phi) is 21.3. The molecule has 1 atom stereocenters. The van der Waals surface area contributed by atoms with Crippen LogP contribution in [0.15, 0.2) is 219 Å². The summed E-state index contributed by atoms with van der Waals surface area (Å²) in [6.45, 7) is 21.5. The van der Waals surface area contributed by atoms with E-state index in [9.17, 15) is 0 Å². The number of fused-ring (bicyclic) bond motifs is 1. The van der Waals surface area contributed by atoms with Crippen molar-refractivity contribution in [3.8, 4) is 12.8 Å². The second kappa shape index (κ2) is 28.4. The van der Waals surface area contributed by atoms with E-state index in [1.54, 1.807) is 5.57 Å². The molecule has 0 N–H and O–H groups in total. The number of likely N-dealkylation sites (N-methyl/N-ethyl adjacent to an activating group) is 1. The minimum absolute atomic E-state index is 0.370. The molecule has 74 heavy (non-hydrogen) atoms. The van der Waals surface area contributed by atoms with Gasteiger partial charge in [0.15, 0.2) is 5.84 Å². The van der Waals surface area contributed by atoms with Gasteiger partial charge in [-0.15, -0.1) is 12.8 Å².